The maximum atomic E-state index is 11.9. The molecule has 18 heavy (non-hydrogen) atoms. The number of benzene rings is 1. The first kappa shape index (κ1) is 12.7. The highest BCUT2D eigenvalue weighted by Crippen LogP contribution is 2.45. The van der Waals surface area contributed by atoms with Crippen molar-refractivity contribution in [1.82, 2.24) is 10.6 Å². The third-order valence-electron chi connectivity index (χ3n) is 3.53. The summed E-state index contributed by atoms with van der Waals surface area (Å²) < 4.78 is 0. The van der Waals surface area contributed by atoms with Gasteiger partial charge in [0, 0.05) is 11.7 Å². The maximum absolute atomic E-state index is 11.9. The van der Waals surface area contributed by atoms with Gasteiger partial charge in [0.2, 0.25) is 0 Å². The summed E-state index contributed by atoms with van der Waals surface area (Å²) in [5, 5.41) is 6.00. The van der Waals surface area contributed by atoms with E-state index in [4.69, 9.17) is 5.73 Å². The fraction of sp³-hybridized carbons (Fsp3) is 0.500. The van der Waals surface area contributed by atoms with E-state index in [0.717, 1.165) is 30.5 Å². The molecule has 1 aromatic carbocycles. The van der Waals surface area contributed by atoms with E-state index in [9.17, 15) is 4.79 Å². The zero-order valence-corrected chi connectivity index (χ0v) is 11.0. The van der Waals surface area contributed by atoms with Crippen molar-refractivity contribution in [3.63, 3.8) is 0 Å². The molecule has 0 aromatic heterocycles. The van der Waals surface area contributed by atoms with Gasteiger partial charge < -0.3 is 16.4 Å². The summed E-state index contributed by atoms with van der Waals surface area (Å²) in [5.74, 6) is 0. The minimum atomic E-state index is -0.201. The number of nitrogens with one attached hydrogen (secondary N) is 2. The molecule has 4 nitrogen and oxygen atoms in total. The normalized spacial score (nSPS) is 17.9. The molecule has 1 atom stereocenters. The van der Waals surface area contributed by atoms with Crippen molar-refractivity contribution in [2.45, 2.75) is 44.7 Å². The lowest BCUT2D eigenvalue weighted by Crippen LogP contribution is -2.45. The van der Waals surface area contributed by atoms with Gasteiger partial charge in [-0.25, -0.2) is 4.79 Å². The lowest BCUT2D eigenvalue weighted by Gasteiger charge is -2.20. The molecule has 0 aliphatic heterocycles. The van der Waals surface area contributed by atoms with E-state index >= 15 is 0 Å². The standard InChI is InChI=1S/C14H21N3O/c1-3-10(2)16-13(18)17-14(7-8-14)11-5-4-6-12(15)9-11/h4-6,9-10H,3,7-8,15H2,1-2H3,(H2,16,17,18). The highest BCUT2D eigenvalue weighted by Gasteiger charge is 2.45. The molecule has 1 saturated carbocycles. The number of hydrogen-bond acceptors (Lipinski definition) is 2. The third kappa shape index (κ3) is 2.75. The van der Waals surface area contributed by atoms with Crippen LogP contribution in [-0.4, -0.2) is 12.1 Å². The molecule has 1 aromatic rings. The zero-order chi connectivity index (χ0) is 13.2. The second-order valence-electron chi connectivity index (χ2n) is 5.12. The van der Waals surface area contributed by atoms with Crippen molar-refractivity contribution < 1.29 is 4.79 Å². The van der Waals surface area contributed by atoms with Crippen molar-refractivity contribution in [3.8, 4) is 0 Å². The first-order chi connectivity index (χ1) is 8.55. The van der Waals surface area contributed by atoms with Crippen molar-refractivity contribution in [2.24, 2.45) is 0 Å². The molecule has 2 rings (SSSR count). The quantitative estimate of drug-likeness (QED) is 0.715. The molecular weight excluding hydrogens is 226 g/mol. The maximum Gasteiger partial charge on any atom is 0.315 e. The Bertz CT molecular complexity index is 440. The van der Waals surface area contributed by atoms with Crippen LogP contribution in [0.1, 0.15) is 38.7 Å². The topological polar surface area (TPSA) is 67.2 Å². The summed E-state index contributed by atoms with van der Waals surface area (Å²) >= 11 is 0. The van der Waals surface area contributed by atoms with Crippen LogP contribution in [0, 0.1) is 0 Å². The summed E-state index contributed by atoms with van der Waals surface area (Å²) in [6.07, 6.45) is 2.88. The lowest BCUT2D eigenvalue weighted by atomic mass is 10.0. The van der Waals surface area contributed by atoms with E-state index in [0.29, 0.717) is 0 Å². The van der Waals surface area contributed by atoms with Gasteiger partial charge in [0.15, 0.2) is 0 Å². The molecule has 0 bridgehead atoms. The zero-order valence-electron chi connectivity index (χ0n) is 11.0. The van der Waals surface area contributed by atoms with Crippen LogP contribution >= 0.6 is 0 Å². The molecule has 2 amide bonds. The summed E-state index contributed by atoms with van der Waals surface area (Å²) in [5.41, 5.74) is 7.42. The fourth-order valence-electron chi connectivity index (χ4n) is 2.03. The minimum Gasteiger partial charge on any atom is -0.399 e. The van der Waals surface area contributed by atoms with E-state index in [2.05, 4.69) is 17.6 Å². The minimum absolute atomic E-state index is 0.0933. The van der Waals surface area contributed by atoms with Crippen molar-refractivity contribution >= 4 is 11.7 Å². The molecule has 0 spiro atoms. The van der Waals surface area contributed by atoms with Gasteiger partial charge in [0.25, 0.3) is 0 Å². The molecule has 1 unspecified atom stereocenters. The van der Waals surface area contributed by atoms with Gasteiger partial charge in [-0.1, -0.05) is 19.1 Å². The average Bonchev–Trinajstić information content (AvgIpc) is 3.09. The monoisotopic (exact) mass is 247 g/mol. The van der Waals surface area contributed by atoms with Crippen molar-refractivity contribution in [2.75, 3.05) is 5.73 Å². The second kappa shape index (κ2) is 4.88. The number of urea groups is 1. The number of anilines is 1. The van der Waals surface area contributed by atoms with E-state index in [1.165, 1.54) is 0 Å². The largest absolute Gasteiger partial charge is 0.399 e. The lowest BCUT2D eigenvalue weighted by molar-refractivity contribution is 0.232. The third-order valence-corrected chi connectivity index (χ3v) is 3.53. The van der Waals surface area contributed by atoms with Gasteiger partial charge in [0.1, 0.15) is 0 Å². The molecule has 1 fully saturated rings. The summed E-state index contributed by atoms with van der Waals surface area (Å²) in [6, 6.07) is 7.85. The molecule has 4 N–H and O–H groups in total. The summed E-state index contributed by atoms with van der Waals surface area (Å²) in [7, 11) is 0. The van der Waals surface area contributed by atoms with Crippen LogP contribution in [0.3, 0.4) is 0 Å². The van der Waals surface area contributed by atoms with Gasteiger partial charge in [-0.15, -0.1) is 0 Å². The van der Waals surface area contributed by atoms with Crippen LogP contribution in [0.2, 0.25) is 0 Å². The molecule has 1 aliphatic carbocycles. The van der Waals surface area contributed by atoms with Gasteiger partial charge >= 0.3 is 6.03 Å². The Kier molecular flexibility index (Phi) is 3.45. The predicted molar refractivity (Wildman–Crippen MR) is 73.2 cm³/mol. The Hall–Kier alpha value is -1.71. The van der Waals surface area contributed by atoms with E-state index in [1.54, 1.807) is 0 Å². The van der Waals surface area contributed by atoms with E-state index in [1.807, 2.05) is 31.2 Å². The summed E-state index contributed by atoms with van der Waals surface area (Å²) in [6.45, 7) is 4.05. The highest BCUT2D eigenvalue weighted by atomic mass is 16.2. The molecule has 98 valence electrons. The summed E-state index contributed by atoms with van der Waals surface area (Å²) in [4.78, 5) is 11.9. The first-order valence-electron chi connectivity index (χ1n) is 6.50. The Labute approximate surface area is 108 Å². The van der Waals surface area contributed by atoms with Crippen molar-refractivity contribution in [3.05, 3.63) is 29.8 Å². The molecule has 0 heterocycles. The molecule has 4 heteroatoms. The smallest absolute Gasteiger partial charge is 0.315 e. The SMILES string of the molecule is CCC(C)NC(=O)NC1(c2cccc(N)c2)CC1. The Morgan fingerprint density at radius 3 is 2.78 bits per heavy atom. The van der Waals surface area contributed by atoms with Crippen LogP contribution in [0.15, 0.2) is 24.3 Å². The predicted octanol–water partition coefficient (Wildman–Crippen LogP) is 2.36. The Balaban J connectivity index is 2.02. The van der Waals surface area contributed by atoms with Gasteiger partial charge in [0.05, 0.1) is 5.54 Å². The van der Waals surface area contributed by atoms with Gasteiger partial charge in [-0.05, 0) is 43.9 Å². The number of amides is 2. The van der Waals surface area contributed by atoms with Crippen molar-refractivity contribution in [1.29, 1.82) is 0 Å². The number of nitrogen functional groups attached to an aromatic ring is 1. The Morgan fingerprint density at radius 1 is 1.50 bits per heavy atom. The number of hydrogen-bond donors (Lipinski definition) is 3. The second-order valence-corrected chi connectivity index (χ2v) is 5.12. The molecular formula is C14H21N3O. The molecule has 0 radical (unpaired) electrons. The number of carbonyl (C=O) groups is 1. The van der Waals surface area contributed by atoms with E-state index in [-0.39, 0.29) is 17.6 Å². The highest BCUT2D eigenvalue weighted by molar-refractivity contribution is 5.76. The first-order valence-corrected chi connectivity index (χ1v) is 6.50. The van der Waals surface area contributed by atoms with E-state index < -0.39 is 0 Å². The van der Waals surface area contributed by atoms with Crippen LogP contribution in [-0.2, 0) is 5.54 Å². The van der Waals surface area contributed by atoms with Crippen LogP contribution in [0.5, 0.6) is 0 Å². The van der Waals surface area contributed by atoms with Crippen LogP contribution < -0.4 is 16.4 Å². The number of rotatable bonds is 4. The van der Waals surface area contributed by atoms with Crippen LogP contribution in [0.25, 0.3) is 0 Å². The van der Waals surface area contributed by atoms with Gasteiger partial charge in [-0.3, -0.25) is 0 Å². The molecule has 1 aliphatic rings. The average molecular weight is 247 g/mol. The molecule has 0 saturated heterocycles. The Morgan fingerprint density at radius 2 is 2.22 bits per heavy atom. The van der Waals surface area contributed by atoms with Gasteiger partial charge in [-0.2, -0.15) is 0 Å². The number of nitrogens with two attached hydrogens (primary N) is 1. The van der Waals surface area contributed by atoms with Crippen LogP contribution in [0.4, 0.5) is 10.5 Å². The fourth-order valence-corrected chi connectivity index (χ4v) is 2.03. The number of carbonyl (C=O) groups excluding carboxylic acids is 1.